The first-order valence-electron chi connectivity index (χ1n) is 6.28. The van der Waals surface area contributed by atoms with E-state index in [4.69, 9.17) is 4.74 Å². The van der Waals surface area contributed by atoms with Gasteiger partial charge in [-0.25, -0.2) is 4.79 Å². The molecule has 0 saturated carbocycles. The molecule has 0 aliphatic carbocycles. The lowest BCUT2D eigenvalue weighted by molar-refractivity contribution is -0.149. The summed E-state index contributed by atoms with van der Waals surface area (Å²) in [5, 5.41) is 11.7. The minimum Gasteiger partial charge on any atom is -0.481 e. The molecule has 0 saturated heterocycles. The second-order valence-corrected chi connectivity index (χ2v) is 4.35. The largest absolute Gasteiger partial charge is 0.481 e. The molecule has 0 atom stereocenters. The minimum absolute atomic E-state index is 0.0565. The predicted molar refractivity (Wildman–Crippen MR) is 71.1 cm³/mol. The monoisotopic (exact) mass is 265 g/mol. The summed E-state index contributed by atoms with van der Waals surface area (Å²) in [6.45, 7) is 3.64. The van der Waals surface area contributed by atoms with Gasteiger partial charge in [0.15, 0.2) is 0 Å². The normalized spacial score (nSPS) is 10.8. The Balaban J connectivity index is 2.56. The summed E-state index contributed by atoms with van der Waals surface area (Å²) in [6.07, 6.45) is 0.258. The van der Waals surface area contributed by atoms with Gasteiger partial charge in [-0.3, -0.25) is 4.79 Å². The molecular formula is C14H19NO4. The average Bonchev–Trinajstić information content (AvgIpc) is 2.41. The van der Waals surface area contributed by atoms with Gasteiger partial charge >= 0.3 is 12.1 Å². The van der Waals surface area contributed by atoms with E-state index in [2.05, 4.69) is 5.32 Å². The third kappa shape index (κ3) is 3.98. The first-order valence-corrected chi connectivity index (χ1v) is 6.28. The smallest absolute Gasteiger partial charge is 0.412 e. The van der Waals surface area contributed by atoms with Crippen LogP contribution in [0.3, 0.4) is 0 Å². The predicted octanol–water partition coefficient (Wildman–Crippen LogP) is 2.67. The van der Waals surface area contributed by atoms with Gasteiger partial charge in [0.25, 0.3) is 0 Å². The summed E-state index contributed by atoms with van der Waals surface area (Å²) in [7, 11) is 0. The van der Waals surface area contributed by atoms with E-state index in [1.54, 1.807) is 38.1 Å². The van der Waals surface area contributed by atoms with Gasteiger partial charge in [0.1, 0.15) is 5.75 Å². The zero-order chi connectivity index (χ0) is 14.3. The molecule has 1 aromatic carbocycles. The molecule has 2 N–H and O–H groups in total. The van der Waals surface area contributed by atoms with Crippen molar-refractivity contribution in [2.75, 3.05) is 6.54 Å². The highest BCUT2D eigenvalue weighted by Gasteiger charge is 2.35. The molecule has 0 heterocycles. The van der Waals surface area contributed by atoms with Crippen LogP contribution in [0.1, 0.15) is 26.7 Å². The maximum Gasteiger partial charge on any atom is 0.412 e. The van der Waals surface area contributed by atoms with Crippen molar-refractivity contribution >= 4 is 12.1 Å². The van der Waals surface area contributed by atoms with Gasteiger partial charge in [-0.1, -0.05) is 32.0 Å². The molecule has 0 bridgehead atoms. The number of hydrogen-bond donors (Lipinski definition) is 2. The third-order valence-electron chi connectivity index (χ3n) is 3.33. The highest BCUT2D eigenvalue weighted by atomic mass is 16.6. The fourth-order valence-electron chi connectivity index (χ4n) is 1.75. The van der Waals surface area contributed by atoms with E-state index in [0.29, 0.717) is 18.6 Å². The van der Waals surface area contributed by atoms with Gasteiger partial charge in [-0.2, -0.15) is 0 Å². The van der Waals surface area contributed by atoms with E-state index < -0.39 is 17.5 Å². The Labute approximate surface area is 112 Å². The molecule has 1 rings (SSSR count). The Bertz CT molecular complexity index is 426. The van der Waals surface area contributed by atoms with Crippen LogP contribution in [0, 0.1) is 5.41 Å². The molecule has 1 aromatic rings. The van der Waals surface area contributed by atoms with E-state index in [0.717, 1.165) is 0 Å². The Morgan fingerprint density at radius 1 is 1.21 bits per heavy atom. The first-order chi connectivity index (χ1) is 9.04. The minimum atomic E-state index is -0.935. The fourth-order valence-corrected chi connectivity index (χ4v) is 1.75. The van der Waals surface area contributed by atoms with Crippen molar-refractivity contribution in [2.45, 2.75) is 26.7 Å². The highest BCUT2D eigenvalue weighted by Crippen LogP contribution is 2.25. The second-order valence-electron chi connectivity index (χ2n) is 4.35. The van der Waals surface area contributed by atoms with E-state index in [1.165, 1.54) is 0 Å². The summed E-state index contributed by atoms with van der Waals surface area (Å²) in [5.41, 5.74) is -0.935. The van der Waals surface area contributed by atoms with Crippen molar-refractivity contribution < 1.29 is 19.4 Å². The molecule has 19 heavy (non-hydrogen) atoms. The van der Waals surface area contributed by atoms with Crippen LogP contribution in [0.2, 0.25) is 0 Å². The molecule has 0 unspecified atom stereocenters. The molecule has 0 aliphatic rings. The lowest BCUT2D eigenvalue weighted by atomic mass is 9.82. The number of amides is 1. The van der Waals surface area contributed by atoms with Crippen LogP contribution in [-0.2, 0) is 4.79 Å². The Kier molecular flexibility index (Phi) is 5.36. The van der Waals surface area contributed by atoms with Crippen LogP contribution in [0.15, 0.2) is 30.3 Å². The molecular weight excluding hydrogens is 246 g/mol. The summed E-state index contributed by atoms with van der Waals surface area (Å²) >= 11 is 0. The number of hydrogen-bond acceptors (Lipinski definition) is 3. The second kappa shape index (κ2) is 6.78. The van der Waals surface area contributed by atoms with Crippen molar-refractivity contribution in [1.29, 1.82) is 0 Å². The number of carbonyl (C=O) groups excluding carboxylic acids is 1. The SMILES string of the molecule is CCC(CC)(CNC(=O)Oc1ccccc1)C(=O)O. The van der Waals surface area contributed by atoms with Crippen molar-refractivity contribution in [2.24, 2.45) is 5.41 Å². The quantitative estimate of drug-likeness (QED) is 0.829. The van der Waals surface area contributed by atoms with Crippen LogP contribution in [0.4, 0.5) is 4.79 Å². The maximum absolute atomic E-state index is 11.6. The molecule has 0 radical (unpaired) electrons. The molecule has 1 amide bonds. The zero-order valence-corrected chi connectivity index (χ0v) is 11.2. The fraction of sp³-hybridized carbons (Fsp3) is 0.429. The average molecular weight is 265 g/mol. The number of rotatable bonds is 6. The number of carboxylic acid groups (broad SMARTS) is 1. The molecule has 0 aliphatic heterocycles. The Morgan fingerprint density at radius 3 is 2.26 bits per heavy atom. The first kappa shape index (κ1) is 15.0. The summed E-state index contributed by atoms with van der Waals surface area (Å²) in [6, 6.07) is 8.63. The number of aliphatic carboxylic acids is 1. The van der Waals surface area contributed by atoms with Gasteiger partial charge in [-0.15, -0.1) is 0 Å². The van der Waals surface area contributed by atoms with Gasteiger partial charge in [0.2, 0.25) is 0 Å². The number of carboxylic acids is 1. The van der Waals surface area contributed by atoms with Gasteiger partial charge in [-0.05, 0) is 25.0 Å². The summed E-state index contributed by atoms with van der Waals surface area (Å²) in [5.74, 6) is -0.480. The number of carbonyl (C=O) groups is 2. The molecule has 0 spiro atoms. The van der Waals surface area contributed by atoms with Crippen molar-refractivity contribution in [3.63, 3.8) is 0 Å². The van der Waals surface area contributed by atoms with Crippen molar-refractivity contribution in [3.8, 4) is 5.75 Å². The zero-order valence-electron chi connectivity index (χ0n) is 11.2. The van der Waals surface area contributed by atoms with E-state index in [-0.39, 0.29) is 6.54 Å². The van der Waals surface area contributed by atoms with Crippen LogP contribution in [0.25, 0.3) is 0 Å². The molecule has 5 heteroatoms. The summed E-state index contributed by atoms with van der Waals surface area (Å²) in [4.78, 5) is 22.8. The van der Waals surface area contributed by atoms with Crippen LogP contribution in [0.5, 0.6) is 5.75 Å². The van der Waals surface area contributed by atoms with E-state index in [9.17, 15) is 14.7 Å². The number of benzene rings is 1. The standard InChI is InChI=1S/C14H19NO4/c1-3-14(4-2,12(16)17)10-15-13(18)19-11-8-6-5-7-9-11/h5-9H,3-4,10H2,1-2H3,(H,15,18)(H,16,17). The number of nitrogens with one attached hydrogen (secondary N) is 1. The molecule has 104 valence electrons. The van der Waals surface area contributed by atoms with E-state index in [1.807, 2.05) is 6.07 Å². The van der Waals surface area contributed by atoms with Gasteiger partial charge in [0.05, 0.1) is 5.41 Å². The maximum atomic E-state index is 11.6. The van der Waals surface area contributed by atoms with Crippen LogP contribution >= 0.6 is 0 Å². The van der Waals surface area contributed by atoms with Crippen LogP contribution < -0.4 is 10.1 Å². The Hall–Kier alpha value is -2.04. The Morgan fingerprint density at radius 2 is 1.79 bits per heavy atom. The summed E-state index contributed by atoms with van der Waals surface area (Å²) < 4.78 is 5.04. The molecule has 0 fully saturated rings. The van der Waals surface area contributed by atoms with E-state index >= 15 is 0 Å². The van der Waals surface area contributed by atoms with Crippen LogP contribution in [-0.4, -0.2) is 23.7 Å². The lowest BCUT2D eigenvalue weighted by Crippen LogP contribution is -2.43. The number of para-hydroxylation sites is 1. The van der Waals surface area contributed by atoms with Gasteiger partial charge < -0.3 is 15.2 Å². The van der Waals surface area contributed by atoms with Gasteiger partial charge in [0, 0.05) is 6.54 Å². The molecule has 0 aromatic heterocycles. The van der Waals surface area contributed by atoms with Crippen molar-refractivity contribution in [1.82, 2.24) is 5.32 Å². The third-order valence-corrected chi connectivity index (χ3v) is 3.33. The topological polar surface area (TPSA) is 75.6 Å². The van der Waals surface area contributed by atoms with Crippen molar-refractivity contribution in [3.05, 3.63) is 30.3 Å². The highest BCUT2D eigenvalue weighted by molar-refractivity contribution is 5.76. The molecule has 5 nitrogen and oxygen atoms in total. The lowest BCUT2D eigenvalue weighted by Gasteiger charge is -2.26. The number of ether oxygens (including phenoxy) is 1.